The molecule has 0 radical (unpaired) electrons. The second-order valence-corrected chi connectivity index (χ2v) is 4.17. The van der Waals surface area contributed by atoms with Gasteiger partial charge in [-0.05, 0) is 25.8 Å². The van der Waals surface area contributed by atoms with Crippen molar-refractivity contribution in [3.05, 3.63) is 29.7 Å². The van der Waals surface area contributed by atoms with Gasteiger partial charge in [0.25, 0.3) is 0 Å². The van der Waals surface area contributed by atoms with Crippen LogP contribution in [0.25, 0.3) is 5.65 Å². The molecule has 2 aromatic rings. The molecule has 0 aromatic carbocycles. The maximum absolute atomic E-state index is 11.8. The van der Waals surface area contributed by atoms with E-state index in [0.29, 0.717) is 23.7 Å². The van der Waals surface area contributed by atoms with Gasteiger partial charge in [0.05, 0.1) is 18.5 Å². The van der Waals surface area contributed by atoms with Crippen LogP contribution in [0, 0.1) is 0 Å². The Kier molecular flexibility index (Phi) is 2.31. The zero-order valence-corrected chi connectivity index (χ0v) is 9.59. The minimum absolute atomic E-state index is 0.340. The summed E-state index contributed by atoms with van der Waals surface area (Å²) in [5.74, 6) is 0.208. The Morgan fingerprint density at radius 3 is 3.12 bits per heavy atom. The van der Waals surface area contributed by atoms with Gasteiger partial charge in [-0.2, -0.15) is 5.10 Å². The minimum atomic E-state index is -0.340. The SMILES string of the molecule is CCOC(=O)c1ccnn2cc(C3CC3)nc12. The lowest BCUT2D eigenvalue weighted by Gasteiger charge is -2.01. The van der Waals surface area contributed by atoms with Crippen LogP contribution in [0.2, 0.25) is 0 Å². The first-order chi connectivity index (χ1) is 8.29. The molecule has 0 spiro atoms. The lowest BCUT2D eigenvalue weighted by molar-refractivity contribution is 0.0527. The summed E-state index contributed by atoms with van der Waals surface area (Å²) in [7, 11) is 0. The van der Waals surface area contributed by atoms with Crippen molar-refractivity contribution in [2.24, 2.45) is 0 Å². The third kappa shape index (κ3) is 1.77. The Morgan fingerprint density at radius 2 is 2.41 bits per heavy atom. The summed E-state index contributed by atoms with van der Waals surface area (Å²) in [6.45, 7) is 2.15. The van der Waals surface area contributed by atoms with Crippen LogP contribution in [-0.4, -0.2) is 27.2 Å². The molecule has 0 unspecified atom stereocenters. The molecule has 3 rings (SSSR count). The van der Waals surface area contributed by atoms with E-state index in [9.17, 15) is 4.79 Å². The Hall–Kier alpha value is -1.91. The fraction of sp³-hybridized carbons (Fsp3) is 0.417. The number of rotatable bonds is 3. The predicted molar refractivity (Wildman–Crippen MR) is 60.9 cm³/mol. The fourth-order valence-corrected chi connectivity index (χ4v) is 1.86. The predicted octanol–water partition coefficient (Wildman–Crippen LogP) is 1.78. The molecule has 0 saturated heterocycles. The summed E-state index contributed by atoms with van der Waals surface area (Å²) < 4.78 is 6.65. The second kappa shape index (κ2) is 3.84. The number of fused-ring (bicyclic) bond motifs is 1. The Balaban J connectivity index is 2.07. The Bertz CT molecular complexity index is 572. The van der Waals surface area contributed by atoms with Crippen molar-refractivity contribution < 1.29 is 9.53 Å². The number of esters is 1. The Labute approximate surface area is 98.4 Å². The number of carbonyl (C=O) groups is 1. The van der Waals surface area contributed by atoms with Gasteiger partial charge in [-0.1, -0.05) is 0 Å². The summed E-state index contributed by atoms with van der Waals surface area (Å²) in [5.41, 5.74) is 2.09. The third-order valence-corrected chi connectivity index (χ3v) is 2.87. The first-order valence-corrected chi connectivity index (χ1v) is 5.81. The van der Waals surface area contributed by atoms with Crippen LogP contribution >= 0.6 is 0 Å². The summed E-state index contributed by atoms with van der Waals surface area (Å²) in [5, 5.41) is 4.16. The fourth-order valence-electron chi connectivity index (χ4n) is 1.86. The van der Waals surface area contributed by atoms with Crippen LogP contribution < -0.4 is 0 Å². The molecule has 0 amide bonds. The molecule has 5 nitrogen and oxygen atoms in total. The van der Waals surface area contributed by atoms with Gasteiger partial charge >= 0.3 is 5.97 Å². The van der Waals surface area contributed by atoms with Gasteiger partial charge in [0.15, 0.2) is 5.65 Å². The summed E-state index contributed by atoms with van der Waals surface area (Å²) in [4.78, 5) is 16.2. The number of aromatic nitrogens is 3. The largest absolute Gasteiger partial charge is 0.462 e. The lowest BCUT2D eigenvalue weighted by Crippen LogP contribution is -2.07. The average molecular weight is 231 g/mol. The topological polar surface area (TPSA) is 56.5 Å². The van der Waals surface area contributed by atoms with E-state index in [1.807, 2.05) is 6.20 Å². The summed E-state index contributed by atoms with van der Waals surface area (Å²) in [6.07, 6.45) is 5.85. The van der Waals surface area contributed by atoms with E-state index >= 15 is 0 Å². The monoisotopic (exact) mass is 231 g/mol. The maximum atomic E-state index is 11.8. The molecule has 2 aromatic heterocycles. The normalized spacial score (nSPS) is 15.1. The zero-order chi connectivity index (χ0) is 11.8. The van der Waals surface area contributed by atoms with Crippen LogP contribution in [-0.2, 0) is 4.74 Å². The summed E-state index contributed by atoms with van der Waals surface area (Å²) >= 11 is 0. The smallest absolute Gasteiger partial charge is 0.342 e. The molecular weight excluding hydrogens is 218 g/mol. The van der Waals surface area contributed by atoms with Gasteiger partial charge in [-0.3, -0.25) is 0 Å². The number of hydrogen-bond acceptors (Lipinski definition) is 4. The molecule has 0 N–H and O–H groups in total. The van der Waals surface area contributed by atoms with Crippen molar-refractivity contribution in [2.75, 3.05) is 6.61 Å². The van der Waals surface area contributed by atoms with Gasteiger partial charge in [-0.25, -0.2) is 14.3 Å². The standard InChI is InChI=1S/C12H13N3O2/c1-2-17-12(16)9-5-6-13-15-7-10(8-3-4-8)14-11(9)15/h5-8H,2-4H2,1H3. The Morgan fingerprint density at radius 1 is 1.59 bits per heavy atom. The molecule has 1 aliphatic carbocycles. The first kappa shape index (κ1) is 10.3. The molecule has 5 heteroatoms. The van der Waals surface area contributed by atoms with E-state index in [2.05, 4.69) is 10.1 Å². The van der Waals surface area contributed by atoms with Gasteiger partial charge in [-0.15, -0.1) is 0 Å². The maximum Gasteiger partial charge on any atom is 0.342 e. The second-order valence-electron chi connectivity index (χ2n) is 4.17. The van der Waals surface area contributed by atoms with Crippen molar-refractivity contribution in [1.29, 1.82) is 0 Å². The van der Waals surface area contributed by atoms with Gasteiger partial charge < -0.3 is 4.74 Å². The molecule has 1 saturated carbocycles. The van der Waals surface area contributed by atoms with E-state index < -0.39 is 0 Å². The van der Waals surface area contributed by atoms with Crippen molar-refractivity contribution >= 4 is 11.6 Å². The van der Waals surface area contributed by atoms with Crippen LogP contribution in [0.15, 0.2) is 18.5 Å². The van der Waals surface area contributed by atoms with Crippen molar-refractivity contribution in [1.82, 2.24) is 14.6 Å². The number of carbonyl (C=O) groups excluding carboxylic acids is 1. The highest BCUT2D eigenvalue weighted by molar-refractivity contribution is 5.95. The van der Waals surface area contributed by atoms with Crippen LogP contribution in [0.4, 0.5) is 0 Å². The minimum Gasteiger partial charge on any atom is -0.462 e. The molecule has 0 atom stereocenters. The molecule has 0 bridgehead atoms. The van der Waals surface area contributed by atoms with Crippen molar-refractivity contribution in [3.63, 3.8) is 0 Å². The number of hydrogen-bond donors (Lipinski definition) is 0. The number of ether oxygens (including phenoxy) is 1. The van der Waals surface area contributed by atoms with E-state index in [4.69, 9.17) is 4.74 Å². The van der Waals surface area contributed by atoms with Crippen LogP contribution in [0.1, 0.15) is 41.7 Å². The summed E-state index contributed by atoms with van der Waals surface area (Å²) in [6, 6.07) is 1.65. The van der Waals surface area contributed by atoms with Crippen LogP contribution in [0.3, 0.4) is 0 Å². The first-order valence-electron chi connectivity index (χ1n) is 5.81. The third-order valence-electron chi connectivity index (χ3n) is 2.87. The van der Waals surface area contributed by atoms with Gasteiger partial charge in [0.2, 0.25) is 0 Å². The highest BCUT2D eigenvalue weighted by Crippen LogP contribution is 2.39. The van der Waals surface area contributed by atoms with Crippen LogP contribution in [0.5, 0.6) is 0 Å². The van der Waals surface area contributed by atoms with E-state index in [1.165, 1.54) is 12.8 Å². The van der Waals surface area contributed by atoms with Gasteiger partial charge in [0, 0.05) is 12.1 Å². The highest BCUT2D eigenvalue weighted by atomic mass is 16.5. The quantitative estimate of drug-likeness (QED) is 0.755. The molecular formula is C12H13N3O2. The van der Waals surface area contributed by atoms with E-state index in [1.54, 1.807) is 23.7 Å². The molecule has 88 valence electrons. The molecule has 0 aliphatic heterocycles. The van der Waals surface area contributed by atoms with Gasteiger partial charge in [0.1, 0.15) is 5.56 Å². The highest BCUT2D eigenvalue weighted by Gasteiger charge is 2.27. The van der Waals surface area contributed by atoms with Crippen molar-refractivity contribution in [3.8, 4) is 0 Å². The van der Waals surface area contributed by atoms with Crippen molar-refractivity contribution in [2.45, 2.75) is 25.7 Å². The molecule has 1 fully saturated rings. The number of nitrogens with zero attached hydrogens (tertiary/aromatic N) is 3. The average Bonchev–Trinajstić information content (AvgIpc) is 3.08. The zero-order valence-electron chi connectivity index (χ0n) is 9.59. The molecule has 17 heavy (non-hydrogen) atoms. The molecule has 1 aliphatic rings. The van der Waals surface area contributed by atoms with E-state index in [-0.39, 0.29) is 5.97 Å². The number of imidazole rings is 1. The molecule has 2 heterocycles. The van der Waals surface area contributed by atoms with E-state index in [0.717, 1.165) is 5.69 Å². The lowest BCUT2D eigenvalue weighted by atomic mass is 10.3.